The summed E-state index contributed by atoms with van der Waals surface area (Å²) in [6, 6.07) is 1.34. The lowest BCUT2D eigenvalue weighted by molar-refractivity contribution is 0.217. The van der Waals surface area contributed by atoms with Gasteiger partial charge in [-0.05, 0) is 38.5 Å². The Kier molecular flexibility index (Phi) is 3.31. The molecule has 1 aromatic rings. The van der Waals surface area contributed by atoms with Crippen LogP contribution in [0, 0.1) is 12.8 Å². The molecule has 1 aromatic heterocycles. The third-order valence-electron chi connectivity index (χ3n) is 4.53. The molecule has 2 aliphatic rings. The van der Waals surface area contributed by atoms with Crippen LogP contribution < -0.4 is 5.32 Å². The molecule has 18 heavy (non-hydrogen) atoms. The van der Waals surface area contributed by atoms with Gasteiger partial charge in [-0.25, -0.2) is 4.98 Å². The first kappa shape index (κ1) is 12.1. The van der Waals surface area contributed by atoms with Crippen LogP contribution in [0.15, 0.2) is 6.20 Å². The van der Waals surface area contributed by atoms with Crippen LogP contribution in [0.25, 0.3) is 0 Å². The van der Waals surface area contributed by atoms with Crippen molar-refractivity contribution < 1.29 is 0 Å². The van der Waals surface area contributed by atoms with Gasteiger partial charge in [0.25, 0.3) is 0 Å². The molecule has 0 atom stereocenters. The van der Waals surface area contributed by atoms with Crippen LogP contribution in [-0.4, -0.2) is 15.6 Å². The maximum atomic E-state index is 4.68. The molecule has 2 saturated carbocycles. The first-order chi connectivity index (χ1) is 8.72. The van der Waals surface area contributed by atoms with E-state index < -0.39 is 0 Å². The molecule has 3 rings (SSSR count). The molecule has 0 aliphatic heterocycles. The zero-order valence-corrected chi connectivity index (χ0v) is 11.7. The van der Waals surface area contributed by atoms with Gasteiger partial charge in [0.15, 0.2) is 0 Å². The molecule has 1 N–H and O–H groups in total. The maximum Gasteiger partial charge on any atom is 0.203 e. The Labute approximate surface area is 110 Å². The highest BCUT2D eigenvalue weighted by Gasteiger charge is 2.29. The average molecular weight is 247 g/mol. The van der Waals surface area contributed by atoms with Crippen LogP contribution in [0.3, 0.4) is 0 Å². The molecule has 3 nitrogen and oxygen atoms in total. The minimum Gasteiger partial charge on any atom is -0.353 e. The highest BCUT2D eigenvalue weighted by Crippen LogP contribution is 2.39. The maximum absolute atomic E-state index is 4.68. The van der Waals surface area contributed by atoms with E-state index in [0.29, 0.717) is 12.1 Å². The highest BCUT2D eigenvalue weighted by molar-refractivity contribution is 5.31. The Bertz CT molecular complexity index is 398. The third-order valence-corrected chi connectivity index (χ3v) is 4.53. The molecule has 3 heteroatoms. The summed E-state index contributed by atoms with van der Waals surface area (Å²) >= 11 is 0. The Morgan fingerprint density at radius 2 is 1.94 bits per heavy atom. The Hall–Kier alpha value is -0.990. The molecule has 0 unspecified atom stereocenters. The lowest BCUT2D eigenvalue weighted by atomic mass is 9.82. The van der Waals surface area contributed by atoms with Gasteiger partial charge in [-0.3, -0.25) is 0 Å². The van der Waals surface area contributed by atoms with Crippen molar-refractivity contribution in [2.45, 2.75) is 70.9 Å². The predicted octanol–water partition coefficient (Wildman–Crippen LogP) is 3.91. The Balaban J connectivity index is 1.70. The fourth-order valence-corrected chi connectivity index (χ4v) is 3.42. The van der Waals surface area contributed by atoms with Crippen molar-refractivity contribution in [1.29, 1.82) is 0 Å². The predicted molar refractivity (Wildman–Crippen MR) is 74.9 cm³/mol. The van der Waals surface area contributed by atoms with E-state index in [2.05, 4.69) is 34.9 Å². The van der Waals surface area contributed by atoms with E-state index >= 15 is 0 Å². The van der Waals surface area contributed by atoms with E-state index in [1.807, 2.05) is 0 Å². The molecule has 0 amide bonds. The van der Waals surface area contributed by atoms with Gasteiger partial charge >= 0.3 is 0 Å². The van der Waals surface area contributed by atoms with Crippen molar-refractivity contribution >= 4 is 5.95 Å². The van der Waals surface area contributed by atoms with Crippen LogP contribution in [0.5, 0.6) is 0 Å². The molecule has 2 fully saturated rings. The standard InChI is InChI=1S/C15H25N3/c1-11-8-14(9-11)18-10-12(2)16-15(18)17-13-6-4-3-5-7-13/h10-11,13-14H,3-9H2,1-2H3,(H,16,17). The summed E-state index contributed by atoms with van der Waals surface area (Å²) in [5.41, 5.74) is 1.15. The van der Waals surface area contributed by atoms with E-state index in [4.69, 9.17) is 0 Å². The smallest absolute Gasteiger partial charge is 0.203 e. The van der Waals surface area contributed by atoms with Gasteiger partial charge in [0.05, 0.1) is 5.69 Å². The molecule has 100 valence electrons. The summed E-state index contributed by atoms with van der Waals surface area (Å²) in [5, 5.41) is 3.69. The average Bonchev–Trinajstić information content (AvgIpc) is 2.67. The van der Waals surface area contributed by atoms with Gasteiger partial charge in [0.2, 0.25) is 5.95 Å². The number of anilines is 1. The number of aromatic nitrogens is 2. The van der Waals surface area contributed by atoms with Gasteiger partial charge in [-0.15, -0.1) is 0 Å². The first-order valence-electron chi connectivity index (χ1n) is 7.54. The van der Waals surface area contributed by atoms with Crippen LogP contribution >= 0.6 is 0 Å². The number of nitrogens with one attached hydrogen (secondary N) is 1. The minimum absolute atomic E-state index is 0.650. The van der Waals surface area contributed by atoms with E-state index in [0.717, 1.165) is 17.6 Å². The zero-order chi connectivity index (χ0) is 12.5. The molecule has 0 radical (unpaired) electrons. The van der Waals surface area contributed by atoms with E-state index in [1.54, 1.807) is 0 Å². The topological polar surface area (TPSA) is 29.9 Å². The second kappa shape index (κ2) is 4.94. The van der Waals surface area contributed by atoms with Crippen LogP contribution in [0.1, 0.15) is 63.6 Å². The summed E-state index contributed by atoms with van der Waals surface area (Å²) in [6.45, 7) is 4.44. The van der Waals surface area contributed by atoms with Crippen molar-refractivity contribution in [3.8, 4) is 0 Å². The number of aryl methyl sites for hydroxylation is 1. The normalized spacial score (nSPS) is 29.0. The Morgan fingerprint density at radius 3 is 2.61 bits per heavy atom. The van der Waals surface area contributed by atoms with Crippen LogP contribution in [0.4, 0.5) is 5.95 Å². The number of imidazole rings is 1. The van der Waals surface area contributed by atoms with Gasteiger partial charge in [-0.1, -0.05) is 26.2 Å². The summed E-state index contributed by atoms with van der Waals surface area (Å²) in [4.78, 5) is 4.68. The third kappa shape index (κ3) is 2.40. The van der Waals surface area contributed by atoms with Gasteiger partial charge in [-0.2, -0.15) is 0 Å². The van der Waals surface area contributed by atoms with Gasteiger partial charge < -0.3 is 9.88 Å². The summed E-state index contributed by atoms with van der Waals surface area (Å²) in [6.07, 6.45) is 11.6. The Morgan fingerprint density at radius 1 is 1.22 bits per heavy atom. The summed E-state index contributed by atoms with van der Waals surface area (Å²) in [5.74, 6) is 2.01. The lowest BCUT2D eigenvalue weighted by Gasteiger charge is -2.35. The fraction of sp³-hybridized carbons (Fsp3) is 0.800. The molecular formula is C15H25N3. The SMILES string of the molecule is Cc1cn(C2CC(C)C2)c(NC2CCCCC2)n1. The van der Waals surface area contributed by atoms with E-state index in [-0.39, 0.29) is 0 Å². The van der Waals surface area contributed by atoms with Crippen molar-refractivity contribution in [2.24, 2.45) is 5.92 Å². The summed E-state index contributed by atoms with van der Waals surface area (Å²) < 4.78 is 2.39. The van der Waals surface area contributed by atoms with Crippen molar-refractivity contribution in [3.63, 3.8) is 0 Å². The number of rotatable bonds is 3. The quantitative estimate of drug-likeness (QED) is 0.877. The van der Waals surface area contributed by atoms with Gasteiger partial charge in [0.1, 0.15) is 0 Å². The van der Waals surface area contributed by atoms with Gasteiger partial charge in [0, 0.05) is 18.3 Å². The molecule has 0 aromatic carbocycles. The monoisotopic (exact) mass is 247 g/mol. The molecule has 2 aliphatic carbocycles. The summed E-state index contributed by atoms with van der Waals surface area (Å²) in [7, 11) is 0. The first-order valence-corrected chi connectivity index (χ1v) is 7.54. The van der Waals surface area contributed by atoms with E-state index in [1.165, 1.54) is 44.9 Å². The van der Waals surface area contributed by atoms with Crippen LogP contribution in [0.2, 0.25) is 0 Å². The largest absolute Gasteiger partial charge is 0.353 e. The molecule has 1 heterocycles. The second-order valence-electron chi connectivity index (χ2n) is 6.32. The number of nitrogens with zero attached hydrogens (tertiary/aromatic N) is 2. The molecule has 0 spiro atoms. The molecule has 0 saturated heterocycles. The minimum atomic E-state index is 0.650. The zero-order valence-electron chi connectivity index (χ0n) is 11.7. The van der Waals surface area contributed by atoms with Crippen molar-refractivity contribution in [3.05, 3.63) is 11.9 Å². The molecule has 0 bridgehead atoms. The molecular weight excluding hydrogens is 222 g/mol. The second-order valence-corrected chi connectivity index (χ2v) is 6.32. The van der Waals surface area contributed by atoms with Crippen molar-refractivity contribution in [2.75, 3.05) is 5.32 Å². The van der Waals surface area contributed by atoms with Crippen molar-refractivity contribution in [1.82, 2.24) is 9.55 Å². The van der Waals surface area contributed by atoms with E-state index in [9.17, 15) is 0 Å². The fourth-order valence-electron chi connectivity index (χ4n) is 3.42. The van der Waals surface area contributed by atoms with Crippen LogP contribution in [-0.2, 0) is 0 Å². The highest BCUT2D eigenvalue weighted by atomic mass is 15.2. The number of hydrogen-bond donors (Lipinski definition) is 1. The number of hydrogen-bond acceptors (Lipinski definition) is 2. The lowest BCUT2D eigenvalue weighted by Crippen LogP contribution is -2.29.